The predicted octanol–water partition coefficient (Wildman–Crippen LogP) is 2.11. The molecule has 1 rings (SSSR count). The van der Waals surface area contributed by atoms with Gasteiger partial charge in [0.2, 0.25) is 0 Å². The molecule has 0 radical (unpaired) electrons. The summed E-state index contributed by atoms with van der Waals surface area (Å²) < 4.78 is 4.99. The smallest absolute Gasteiger partial charge is 0.319 e. The largest absolute Gasteiger partial charge is 0.465 e. The van der Waals surface area contributed by atoms with Crippen LogP contribution in [0.25, 0.3) is 0 Å². The first kappa shape index (κ1) is 12.0. The number of rotatable bonds is 4. The van der Waals surface area contributed by atoms with E-state index in [0.717, 1.165) is 6.42 Å². The number of Topliss-reactive ketones (excluding diaryl/α,β-unsaturated/α-hetero) is 1. The van der Waals surface area contributed by atoms with Gasteiger partial charge in [-0.2, -0.15) is 0 Å². The van der Waals surface area contributed by atoms with E-state index in [2.05, 4.69) is 6.58 Å². The highest BCUT2D eigenvalue weighted by atomic mass is 16.5. The standard InChI is InChI=1S/C12H18O3/c1-4-7-12(11(14)15-5-2)8-6-9(3)10(12)13/h4,9H,1,5-8H2,2-3H3. The number of allylic oxidation sites excluding steroid dienone is 1. The van der Waals surface area contributed by atoms with Crippen molar-refractivity contribution in [3.05, 3.63) is 12.7 Å². The first-order valence-corrected chi connectivity index (χ1v) is 5.41. The van der Waals surface area contributed by atoms with Gasteiger partial charge in [-0.1, -0.05) is 13.0 Å². The molecule has 0 bridgehead atoms. The molecule has 0 heterocycles. The normalized spacial score (nSPS) is 30.3. The zero-order valence-corrected chi connectivity index (χ0v) is 9.41. The maximum Gasteiger partial charge on any atom is 0.319 e. The maximum atomic E-state index is 12.0. The fourth-order valence-electron chi connectivity index (χ4n) is 2.19. The molecular weight excluding hydrogens is 192 g/mol. The van der Waals surface area contributed by atoms with Gasteiger partial charge in [-0.3, -0.25) is 9.59 Å². The molecule has 0 aromatic rings. The van der Waals surface area contributed by atoms with E-state index < -0.39 is 5.41 Å². The maximum absolute atomic E-state index is 12.0. The fourth-order valence-corrected chi connectivity index (χ4v) is 2.19. The molecule has 0 aliphatic heterocycles. The summed E-state index contributed by atoms with van der Waals surface area (Å²) in [6.45, 7) is 7.55. The van der Waals surface area contributed by atoms with Crippen molar-refractivity contribution in [2.45, 2.75) is 33.1 Å². The van der Waals surface area contributed by atoms with E-state index in [0.29, 0.717) is 19.4 Å². The monoisotopic (exact) mass is 210 g/mol. The van der Waals surface area contributed by atoms with Crippen molar-refractivity contribution in [2.75, 3.05) is 6.61 Å². The lowest BCUT2D eigenvalue weighted by atomic mass is 9.81. The molecule has 84 valence electrons. The van der Waals surface area contributed by atoms with Gasteiger partial charge in [0.15, 0.2) is 5.78 Å². The van der Waals surface area contributed by atoms with Crippen molar-refractivity contribution in [1.29, 1.82) is 0 Å². The molecule has 3 nitrogen and oxygen atoms in total. The Balaban J connectivity index is 2.93. The first-order chi connectivity index (χ1) is 7.08. The van der Waals surface area contributed by atoms with Crippen LogP contribution in [0, 0.1) is 11.3 Å². The summed E-state index contributed by atoms with van der Waals surface area (Å²) in [4.78, 5) is 23.8. The minimum Gasteiger partial charge on any atom is -0.465 e. The predicted molar refractivity (Wildman–Crippen MR) is 57.3 cm³/mol. The minimum absolute atomic E-state index is 0.0147. The Morgan fingerprint density at radius 2 is 2.40 bits per heavy atom. The molecule has 0 aromatic heterocycles. The van der Waals surface area contributed by atoms with Crippen molar-refractivity contribution < 1.29 is 14.3 Å². The molecule has 0 N–H and O–H groups in total. The highest BCUT2D eigenvalue weighted by Gasteiger charge is 2.51. The Morgan fingerprint density at radius 3 is 2.80 bits per heavy atom. The van der Waals surface area contributed by atoms with Crippen LogP contribution in [0.2, 0.25) is 0 Å². The van der Waals surface area contributed by atoms with E-state index in [-0.39, 0.29) is 17.7 Å². The zero-order chi connectivity index (χ0) is 11.5. The molecule has 2 unspecified atom stereocenters. The van der Waals surface area contributed by atoms with Crippen LogP contribution in [0.3, 0.4) is 0 Å². The second kappa shape index (κ2) is 4.60. The molecule has 1 saturated carbocycles. The number of ether oxygens (including phenoxy) is 1. The minimum atomic E-state index is -0.933. The first-order valence-electron chi connectivity index (χ1n) is 5.41. The molecule has 0 amide bonds. The lowest BCUT2D eigenvalue weighted by Crippen LogP contribution is -2.37. The SMILES string of the molecule is C=CCC1(C(=O)OCC)CCC(C)C1=O. The molecule has 15 heavy (non-hydrogen) atoms. The van der Waals surface area contributed by atoms with Crippen molar-refractivity contribution in [1.82, 2.24) is 0 Å². The van der Waals surface area contributed by atoms with Crippen LogP contribution in [0.5, 0.6) is 0 Å². The lowest BCUT2D eigenvalue weighted by molar-refractivity contribution is -0.159. The second-order valence-electron chi connectivity index (χ2n) is 4.10. The van der Waals surface area contributed by atoms with Crippen LogP contribution < -0.4 is 0 Å². The fraction of sp³-hybridized carbons (Fsp3) is 0.667. The number of carbonyl (C=O) groups excluding carboxylic acids is 2. The number of esters is 1. The Bertz CT molecular complexity index is 283. The van der Waals surface area contributed by atoms with Crippen LogP contribution in [0.4, 0.5) is 0 Å². The van der Waals surface area contributed by atoms with Gasteiger partial charge in [0.1, 0.15) is 5.41 Å². The molecule has 3 heteroatoms. The van der Waals surface area contributed by atoms with E-state index in [1.807, 2.05) is 6.92 Å². The molecule has 0 aromatic carbocycles. The molecule has 1 aliphatic carbocycles. The topological polar surface area (TPSA) is 43.4 Å². The van der Waals surface area contributed by atoms with Crippen LogP contribution in [0.15, 0.2) is 12.7 Å². The zero-order valence-electron chi connectivity index (χ0n) is 9.41. The number of carbonyl (C=O) groups is 2. The summed E-state index contributed by atoms with van der Waals surface area (Å²) >= 11 is 0. The Morgan fingerprint density at radius 1 is 1.73 bits per heavy atom. The molecular formula is C12H18O3. The van der Waals surface area contributed by atoms with Crippen LogP contribution in [-0.2, 0) is 14.3 Å². The summed E-state index contributed by atoms with van der Waals surface area (Å²) in [6.07, 6.45) is 3.39. The van der Waals surface area contributed by atoms with Gasteiger partial charge in [-0.05, 0) is 26.2 Å². The van der Waals surface area contributed by atoms with E-state index in [9.17, 15) is 9.59 Å². The van der Waals surface area contributed by atoms with E-state index >= 15 is 0 Å². The van der Waals surface area contributed by atoms with Crippen LogP contribution in [-0.4, -0.2) is 18.4 Å². The van der Waals surface area contributed by atoms with Crippen molar-refractivity contribution >= 4 is 11.8 Å². The van der Waals surface area contributed by atoms with Crippen molar-refractivity contribution in [2.24, 2.45) is 11.3 Å². The van der Waals surface area contributed by atoms with Crippen molar-refractivity contribution in [3.63, 3.8) is 0 Å². The van der Waals surface area contributed by atoms with Gasteiger partial charge in [0.05, 0.1) is 6.61 Å². The van der Waals surface area contributed by atoms with E-state index in [1.54, 1.807) is 13.0 Å². The molecule has 0 spiro atoms. The summed E-state index contributed by atoms with van der Waals surface area (Å²) in [5.41, 5.74) is -0.933. The second-order valence-corrected chi connectivity index (χ2v) is 4.10. The summed E-state index contributed by atoms with van der Waals surface area (Å²) in [5.74, 6) is -0.394. The summed E-state index contributed by atoms with van der Waals surface area (Å²) in [6, 6.07) is 0. The van der Waals surface area contributed by atoms with Gasteiger partial charge in [0.25, 0.3) is 0 Å². The van der Waals surface area contributed by atoms with Gasteiger partial charge in [-0.25, -0.2) is 0 Å². The highest BCUT2D eigenvalue weighted by molar-refractivity contribution is 6.06. The number of ketones is 1. The average molecular weight is 210 g/mol. The lowest BCUT2D eigenvalue weighted by Gasteiger charge is -2.23. The quantitative estimate of drug-likeness (QED) is 0.405. The van der Waals surface area contributed by atoms with Gasteiger partial charge in [0, 0.05) is 5.92 Å². The molecule has 0 saturated heterocycles. The van der Waals surface area contributed by atoms with Gasteiger partial charge < -0.3 is 4.74 Å². The third-order valence-electron chi connectivity index (χ3n) is 3.08. The van der Waals surface area contributed by atoms with E-state index in [4.69, 9.17) is 4.74 Å². The average Bonchev–Trinajstić information content (AvgIpc) is 2.48. The Kier molecular flexibility index (Phi) is 3.66. The summed E-state index contributed by atoms with van der Waals surface area (Å²) in [7, 11) is 0. The van der Waals surface area contributed by atoms with E-state index in [1.165, 1.54) is 0 Å². The summed E-state index contributed by atoms with van der Waals surface area (Å²) in [5, 5.41) is 0. The number of hydrogen-bond donors (Lipinski definition) is 0. The molecule has 2 atom stereocenters. The van der Waals surface area contributed by atoms with Crippen LogP contribution >= 0.6 is 0 Å². The van der Waals surface area contributed by atoms with Gasteiger partial charge >= 0.3 is 5.97 Å². The van der Waals surface area contributed by atoms with Crippen LogP contribution in [0.1, 0.15) is 33.1 Å². The third-order valence-corrected chi connectivity index (χ3v) is 3.08. The molecule has 1 aliphatic rings. The number of hydrogen-bond acceptors (Lipinski definition) is 3. The third kappa shape index (κ3) is 1.96. The molecule has 1 fully saturated rings. The highest BCUT2D eigenvalue weighted by Crippen LogP contribution is 2.42. The van der Waals surface area contributed by atoms with Crippen molar-refractivity contribution in [3.8, 4) is 0 Å². The Hall–Kier alpha value is -1.12. The Labute approximate surface area is 90.5 Å². The van der Waals surface area contributed by atoms with Gasteiger partial charge in [-0.15, -0.1) is 6.58 Å².